The van der Waals surface area contributed by atoms with Crippen LogP contribution in [0.4, 0.5) is 5.69 Å². The van der Waals surface area contributed by atoms with Crippen LogP contribution in [0.5, 0.6) is 0 Å². The van der Waals surface area contributed by atoms with Crippen molar-refractivity contribution in [3.05, 3.63) is 64.2 Å². The van der Waals surface area contributed by atoms with Crippen molar-refractivity contribution in [3.63, 3.8) is 0 Å². The Morgan fingerprint density at radius 3 is 2.82 bits per heavy atom. The van der Waals surface area contributed by atoms with Gasteiger partial charge in [-0.2, -0.15) is 0 Å². The fourth-order valence-electron chi connectivity index (χ4n) is 5.77. The zero-order valence-electron chi connectivity index (χ0n) is 17.2. The van der Waals surface area contributed by atoms with Gasteiger partial charge in [-0.05, 0) is 65.6 Å². The number of fused-ring (bicyclic) bond motifs is 5. The fourth-order valence-corrected chi connectivity index (χ4v) is 5.77. The number of rotatable bonds is 1. The van der Waals surface area contributed by atoms with E-state index in [1.807, 2.05) is 24.4 Å². The molecule has 0 N–H and O–H groups in total. The molecule has 1 aliphatic carbocycles. The number of aryl methyl sites for hydroxylation is 1. The van der Waals surface area contributed by atoms with E-state index in [9.17, 15) is 4.79 Å². The summed E-state index contributed by atoms with van der Waals surface area (Å²) in [5.74, 6) is 0.173. The van der Waals surface area contributed by atoms with Gasteiger partial charge in [0.2, 0.25) is 0 Å². The van der Waals surface area contributed by atoms with Crippen LogP contribution in [-0.2, 0) is 18.3 Å². The summed E-state index contributed by atoms with van der Waals surface area (Å²) in [7, 11) is 0. The molecule has 1 fully saturated rings. The number of carbonyl (C=O) groups excluding carboxylic acids is 1. The van der Waals surface area contributed by atoms with Crippen LogP contribution < -0.4 is 0 Å². The second kappa shape index (κ2) is 5.79. The number of likely N-dealkylation sites (tertiary alicyclic amines) is 1. The highest BCUT2D eigenvalue weighted by atomic mass is 16.2. The Labute approximate surface area is 167 Å². The molecule has 2 heterocycles. The quantitative estimate of drug-likeness (QED) is 0.693. The molecule has 3 nitrogen and oxygen atoms in total. The van der Waals surface area contributed by atoms with E-state index in [2.05, 4.69) is 55.8 Å². The summed E-state index contributed by atoms with van der Waals surface area (Å²) in [6.45, 7) is 10.2. The van der Waals surface area contributed by atoms with E-state index < -0.39 is 0 Å². The lowest BCUT2D eigenvalue weighted by molar-refractivity contribution is -0.0263. The Kier molecular flexibility index (Phi) is 3.65. The molecule has 3 heteroatoms. The molecule has 1 amide bonds. The third-order valence-electron chi connectivity index (χ3n) is 8.02. The summed E-state index contributed by atoms with van der Waals surface area (Å²) in [5.41, 5.74) is 7.40. The summed E-state index contributed by atoms with van der Waals surface area (Å²) < 4.78 is 0. The zero-order valence-corrected chi connectivity index (χ0v) is 17.2. The van der Waals surface area contributed by atoms with Crippen molar-refractivity contribution in [2.24, 2.45) is 10.4 Å². The van der Waals surface area contributed by atoms with Crippen LogP contribution in [-0.4, -0.2) is 29.6 Å². The molecule has 2 aromatic rings. The number of hydrogen-bond donors (Lipinski definition) is 0. The lowest BCUT2D eigenvalue weighted by atomic mass is 9.50. The summed E-state index contributed by atoms with van der Waals surface area (Å²) in [6, 6.07) is 12.9. The van der Waals surface area contributed by atoms with Crippen LogP contribution in [0, 0.1) is 12.3 Å². The van der Waals surface area contributed by atoms with Crippen molar-refractivity contribution in [2.45, 2.75) is 58.4 Å². The minimum Gasteiger partial charge on any atom is -0.335 e. The molecule has 0 radical (unpaired) electrons. The summed E-state index contributed by atoms with van der Waals surface area (Å²) in [5, 5.41) is 0. The minimum atomic E-state index is 0.0293. The Hall–Kier alpha value is -2.42. The van der Waals surface area contributed by atoms with Gasteiger partial charge in [-0.1, -0.05) is 39.0 Å². The van der Waals surface area contributed by atoms with Crippen LogP contribution in [0.15, 0.2) is 41.4 Å². The van der Waals surface area contributed by atoms with E-state index in [0.29, 0.717) is 0 Å². The van der Waals surface area contributed by atoms with Gasteiger partial charge >= 0.3 is 0 Å². The largest absolute Gasteiger partial charge is 0.335 e. The molecule has 3 aliphatic rings. The number of amides is 1. The number of benzene rings is 2. The third-order valence-corrected chi connectivity index (χ3v) is 8.02. The Balaban J connectivity index is 1.56. The van der Waals surface area contributed by atoms with Gasteiger partial charge in [0.05, 0.1) is 5.69 Å². The van der Waals surface area contributed by atoms with Crippen LogP contribution in [0.25, 0.3) is 0 Å². The Morgan fingerprint density at radius 1 is 1.18 bits per heavy atom. The van der Waals surface area contributed by atoms with Crippen LogP contribution >= 0.6 is 0 Å². The van der Waals surface area contributed by atoms with Crippen molar-refractivity contribution >= 4 is 17.8 Å². The lowest BCUT2D eigenvalue weighted by Gasteiger charge is -2.61. The third kappa shape index (κ3) is 2.22. The number of aliphatic imine (C=N–C) groups is 1. The number of nitrogens with zero attached hydrogens (tertiary/aromatic N) is 2. The molecule has 0 unspecified atom stereocenters. The fraction of sp³-hybridized carbons (Fsp3) is 0.440. The molecule has 0 aromatic heterocycles. The monoisotopic (exact) mass is 372 g/mol. The number of piperidine rings is 1. The van der Waals surface area contributed by atoms with Gasteiger partial charge in [-0.15, -0.1) is 0 Å². The second-order valence-electron chi connectivity index (χ2n) is 9.48. The normalized spacial score (nSPS) is 26.7. The van der Waals surface area contributed by atoms with E-state index >= 15 is 0 Å². The highest BCUT2D eigenvalue weighted by Crippen LogP contribution is 2.56. The van der Waals surface area contributed by atoms with E-state index in [1.54, 1.807) is 0 Å². The summed E-state index contributed by atoms with van der Waals surface area (Å²) in [4.78, 5) is 20.1. The smallest absolute Gasteiger partial charge is 0.254 e. The van der Waals surface area contributed by atoms with Crippen molar-refractivity contribution in [2.75, 3.05) is 6.54 Å². The van der Waals surface area contributed by atoms with Gasteiger partial charge in [-0.3, -0.25) is 9.79 Å². The molecule has 2 aromatic carbocycles. The number of hydrogen-bond acceptors (Lipinski definition) is 2. The number of carbonyl (C=O) groups is 1. The van der Waals surface area contributed by atoms with E-state index in [1.165, 1.54) is 16.7 Å². The molecule has 0 spiro atoms. The topological polar surface area (TPSA) is 32.7 Å². The predicted octanol–water partition coefficient (Wildman–Crippen LogP) is 5.01. The van der Waals surface area contributed by atoms with Gasteiger partial charge in [-0.25, -0.2) is 0 Å². The maximum Gasteiger partial charge on any atom is 0.254 e. The molecule has 28 heavy (non-hydrogen) atoms. The first-order valence-corrected chi connectivity index (χ1v) is 10.4. The van der Waals surface area contributed by atoms with Crippen LogP contribution in [0.2, 0.25) is 0 Å². The van der Waals surface area contributed by atoms with Crippen LogP contribution in [0.3, 0.4) is 0 Å². The highest BCUT2D eigenvalue weighted by Gasteiger charge is 2.57. The SMILES string of the molecule is Cc1cccc2c1C[C@H]1N(C(=O)c3ccc4c(c3)CC=N4)CC[C@]2(C)C1(C)C. The average molecular weight is 373 g/mol. The molecule has 5 rings (SSSR count). The van der Waals surface area contributed by atoms with Gasteiger partial charge < -0.3 is 4.90 Å². The van der Waals surface area contributed by atoms with Gasteiger partial charge in [0.15, 0.2) is 0 Å². The maximum absolute atomic E-state index is 13.6. The van der Waals surface area contributed by atoms with Crippen molar-refractivity contribution in [3.8, 4) is 0 Å². The minimum absolute atomic E-state index is 0.0293. The molecule has 2 atom stereocenters. The first-order valence-electron chi connectivity index (χ1n) is 10.4. The first kappa shape index (κ1) is 17.7. The molecule has 0 saturated carbocycles. The second-order valence-corrected chi connectivity index (χ2v) is 9.48. The average Bonchev–Trinajstić information content (AvgIpc) is 3.12. The van der Waals surface area contributed by atoms with Gasteiger partial charge in [0, 0.05) is 36.2 Å². The highest BCUT2D eigenvalue weighted by molar-refractivity contribution is 5.96. The standard InChI is InChI=1S/C25H28N2O/c1-16-6-5-7-20-19(16)15-22-24(2,3)25(20,4)11-13-27(22)23(28)18-8-9-21-17(14-18)10-12-26-21/h5-9,12,14,22H,10-11,13,15H2,1-4H3/t22-,25+/m1/s1. The molecule has 1 saturated heterocycles. The molecule has 144 valence electrons. The maximum atomic E-state index is 13.6. The molecular weight excluding hydrogens is 344 g/mol. The van der Waals surface area contributed by atoms with Gasteiger partial charge in [0.25, 0.3) is 5.91 Å². The Bertz CT molecular complexity index is 1020. The summed E-state index contributed by atoms with van der Waals surface area (Å²) >= 11 is 0. The molecule has 2 aliphatic heterocycles. The van der Waals surface area contributed by atoms with Gasteiger partial charge in [0.1, 0.15) is 0 Å². The first-order chi connectivity index (χ1) is 13.3. The van der Waals surface area contributed by atoms with Crippen molar-refractivity contribution in [1.82, 2.24) is 4.90 Å². The molecule has 2 bridgehead atoms. The lowest BCUT2D eigenvalue weighted by Crippen LogP contribution is -2.65. The zero-order chi connectivity index (χ0) is 19.7. The predicted molar refractivity (Wildman–Crippen MR) is 114 cm³/mol. The Morgan fingerprint density at radius 2 is 2.00 bits per heavy atom. The van der Waals surface area contributed by atoms with E-state index in [-0.39, 0.29) is 22.8 Å². The summed E-state index contributed by atoms with van der Waals surface area (Å²) in [6.07, 6.45) is 4.71. The van der Waals surface area contributed by atoms with E-state index in [0.717, 1.165) is 42.6 Å². The van der Waals surface area contributed by atoms with Crippen LogP contribution in [0.1, 0.15) is 59.8 Å². The van der Waals surface area contributed by atoms with Crippen molar-refractivity contribution in [1.29, 1.82) is 0 Å². The molecular formula is C25H28N2O. The van der Waals surface area contributed by atoms with E-state index in [4.69, 9.17) is 0 Å². The van der Waals surface area contributed by atoms with Crippen molar-refractivity contribution < 1.29 is 4.79 Å².